The molecule has 4 aromatic rings. The lowest BCUT2D eigenvalue weighted by Crippen LogP contribution is -2.53. The van der Waals surface area contributed by atoms with Crippen LogP contribution in [0.4, 0.5) is 5.69 Å². The summed E-state index contributed by atoms with van der Waals surface area (Å²) in [4.78, 5) is 29.8. The highest BCUT2D eigenvalue weighted by molar-refractivity contribution is 7.92. The number of hydrogen-bond acceptors (Lipinski definition) is 5. The number of amides is 2. The Kier molecular flexibility index (Phi) is 11.4. The van der Waals surface area contributed by atoms with Crippen molar-refractivity contribution in [2.24, 2.45) is 5.92 Å². The molecule has 0 unspecified atom stereocenters. The molecule has 0 aliphatic rings. The van der Waals surface area contributed by atoms with Crippen molar-refractivity contribution in [3.8, 4) is 5.75 Å². The summed E-state index contributed by atoms with van der Waals surface area (Å²) in [7, 11) is -2.65. The monoisotopic (exact) mass is 627 g/mol. The highest BCUT2D eigenvalue weighted by Crippen LogP contribution is 2.27. The van der Waals surface area contributed by atoms with Gasteiger partial charge in [-0.25, -0.2) is 8.42 Å². The van der Waals surface area contributed by atoms with Gasteiger partial charge in [-0.2, -0.15) is 0 Å². The van der Waals surface area contributed by atoms with Crippen molar-refractivity contribution in [1.82, 2.24) is 10.2 Å². The van der Waals surface area contributed by atoms with E-state index in [2.05, 4.69) is 5.32 Å². The van der Waals surface area contributed by atoms with Gasteiger partial charge in [-0.3, -0.25) is 13.9 Å². The Labute approximate surface area is 266 Å². The number of methoxy groups -OCH3 is 1. The second-order valence-corrected chi connectivity index (χ2v) is 13.2. The fourth-order valence-electron chi connectivity index (χ4n) is 4.87. The number of nitrogens with one attached hydrogen (secondary N) is 1. The normalized spacial score (nSPS) is 11.9. The Hall–Kier alpha value is -4.63. The summed E-state index contributed by atoms with van der Waals surface area (Å²) in [5.74, 6) is -0.0526. The summed E-state index contributed by atoms with van der Waals surface area (Å²) in [5, 5.41) is 3.00. The van der Waals surface area contributed by atoms with Crippen LogP contribution in [0, 0.1) is 12.8 Å². The first-order valence-electron chi connectivity index (χ1n) is 15.0. The number of nitrogens with zero attached hydrogens (tertiary/aromatic N) is 2. The van der Waals surface area contributed by atoms with Crippen LogP contribution in [0.3, 0.4) is 0 Å². The molecule has 0 saturated carbocycles. The second kappa shape index (κ2) is 15.4. The summed E-state index contributed by atoms with van der Waals surface area (Å²) in [6.45, 7) is 5.92. The van der Waals surface area contributed by atoms with Crippen molar-refractivity contribution in [2.45, 2.75) is 44.7 Å². The largest absolute Gasteiger partial charge is 0.497 e. The van der Waals surface area contributed by atoms with E-state index in [9.17, 15) is 18.0 Å². The number of rotatable bonds is 14. The molecule has 236 valence electrons. The zero-order valence-corrected chi connectivity index (χ0v) is 27.0. The number of benzene rings is 4. The zero-order valence-electron chi connectivity index (χ0n) is 26.2. The SMILES string of the molecule is COc1ccc(N(CC(=O)N(Cc2ccccc2)[C@H](Cc2ccccc2)C(=O)NCC(C)C)S(=O)(=O)c2ccc(C)cc2)cc1. The molecule has 9 heteroatoms. The van der Waals surface area contributed by atoms with Crippen molar-refractivity contribution in [1.29, 1.82) is 0 Å². The lowest BCUT2D eigenvalue weighted by molar-refractivity contribution is -0.140. The lowest BCUT2D eigenvalue weighted by Gasteiger charge is -2.34. The van der Waals surface area contributed by atoms with Crippen molar-refractivity contribution < 1.29 is 22.7 Å². The van der Waals surface area contributed by atoms with Gasteiger partial charge in [-0.05, 0) is 60.4 Å². The van der Waals surface area contributed by atoms with Gasteiger partial charge >= 0.3 is 0 Å². The molecule has 0 spiro atoms. The number of carbonyl (C=O) groups excluding carboxylic acids is 2. The average Bonchev–Trinajstić information content (AvgIpc) is 3.05. The minimum absolute atomic E-state index is 0.0573. The molecule has 0 bridgehead atoms. The van der Waals surface area contributed by atoms with Gasteiger partial charge in [0.1, 0.15) is 18.3 Å². The van der Waals surface area contributed by atoms with E-state index in [-0.39, 0.29) is 29.7 Å². The smallest absolute Gasteiger partial charge is 0.264 e. The Morgan fingerprint density at radius 2 is 1.38 bits per heavy atom. The van der Waals surface area contributed by atoms with Crippen LogP contribution >= 0.6 is 0 Å². The standard InChI is InChI=1S/C36H41N3O5S/c1-27(2)24-37-36(41)34(23-29-11-7-5-8-12-29)38(25-30-13-9-6-10-14-30)35(40)26-39(31-17-19-32(44-4)20-18-31)45(42,43)33-21-15-28(3)16-22-33/h5-22,27,34H,23-26H2,1-4H3,(H,37,41)/t34-/m1/s1. The molecule has 0 heterocycles. The van der Waals surface area contributed by atoms with Crippen LogP contribution in [0.25, 0.3) is 0 Å². The zero-order chi connectivity index (χ0) is 32.4. The fourth-order valence-corrected chi connectivity index (χ4v) is 6.29. The molecular weight excluding hydrogens is 586 g/mol. The summed E-state index contributed by atoms with van der Waals surface area (Å²) >= 11 is 0. The molecule has 2 amide bonds. The van der Waals surface area contributed by atoms with Gasteiger partial charge in [0, 0.05) is 19.5 Å². The number of aryl methyl sites for hydroxylation is 1. The molecule has 1 atom stereocenters. The van der Waals surface area contributed by atoms with Crippen molar-refractivity contribution >= 4 is 27.5 Å². The minimum Gasteiger partial charge on any atom is -0.497 e. The van der Waals surface area contributed by atoms with Gasteiger partial charge in [0.2, 0.25) is 11.8 Å². The third kappa shape index (κ3) is 8.95. The molecule has 4 aromatic carbocycles. The Morgan fingerprint density at radius 3 is 1.93 bits per heavy atom. The molecular formula is C36H41N3O5S. The molecule has 4 rings (SSSR count). The van der Waals surface area contributed by atoms with Crippen LogP contribution < -0.4 is 14.4 Å². The van der Waals surface area contributed by atoms with Gasteiger partial charge in [-0.1, -0.05) is 92.2 Å². The van der Waals surface area contributed by atoms with Crippen molar-refractivity contribution in [2.75, 3.05) is 24.5 Å². The first-order valence-corrected chi connectivity index (χ1v) is 16.4. The maximum Gasteiger partial charge on any atom is 0.264 e. The lowest BCUT2D eigenvalue weighted by atomic mass is 10.0. The fraction of sp³-hybridized carbons (Fsp3) is 0.278. The average molecular weight is 628 g/mol. The molecule has 1 N–H and O–H groups in total. The summed E-state index contributed by atoms with van der Waals surface area (Å²) in [6, 6.07) is 31.0. The molecule has 8 nitrogen and oxygen atoms in total. The maximum absolute atomic E-state index is 14.5. The third-order valence-corrected chi connectivity index (χ3v) is 9.19. The van der Waals surface area contributed by atoms with E-state index in [1.807, 2.05) is 81.4 Å². The van der Waals surface area contributed by atoms with E-state index in [4.69, 9.17) is 4.74 Å². The number of carbonyl (C=O) groups is 2. The first-order chi connectivity index (χ1) is 21.6. The van der Waals surface area contributed by atoms with E-state index >= 15 is 0 Å². The summed E-state index contributed by atoms with van der Waals surface area (Å²) in [6.07, 6.45) is 0.261. The van der Waals surface area contributed by atoms with E-state index < -0.39 is 28.5 Å². The Balaban J connectivity index is 1.78. The van der Waals surface area contributed by atoms with Crippen LogP contribution in [0.1, 0.15) is 30.5 Å². The Morgan fingerprint density at radius 1 is 0.800 bits per heavy atom. The van der Waals surface area contributed by atoms with Gasteiger partial charge in [0.25, 0.3) is 10.0 Å². The van der Waals surface area contributed by atoms with Gasteiger partial charge < -0.3 is 15.0 Å². The van der Waals surface area contributed by atoms with Crippen molar-refractivity contribution in [3.05, 3.63) is 126 Å². The van der Waals surface area contributed by atoms with Crippen molar-refractivity contribution in [3.63, 3.8) is 0 Å². The molecule has 0 radical (unpaired) electrons. The number of sulfonamides is 1. The minimum atomic E-state index is -4.17. The van der Waals surface area contributed by atoms with Crippen LogP contribution in [0.5, 0.6) is 5.75 Å². The van der Waals surface area contributed by atoms with Gasteiger partial charge in [0.15, 0.2) is 0 Å². The molecule has 0 aliphatic heterocycles. The molecule has 0 saturated heterocycles. The van der Waals surface area contributed by atoms with E-state index in [0.717, 1.165) is 21.0 Å². The first kappa shape index (κ1) is 33.3. The number of hydrogen-bond donors (Lipinski definition) is 1. The third-order valence-electron chi connectivity index (χ3n) is 7.40. The van der Waals surface area contributed by atoms with E-state index in [0.29, 0.717) is 18.0 Å². The molecule has 0 fully saturated rings. The van der Waals surface area contributed by atoms with Crippen LogP contribution in [0.15, 0.2) is 114 Å². The topological polar surface area (TPSA) is 96.0 Å². The maximum atomic E-state index is 14.5. The predicted octanol–water partition coefficient (Wildman–Crippen LogP) is 5.61. The van der Waals surface area contributed by atoms with Crippen LogP contribution in [-0.4, -0.2) is 51.4 Å². The molecule has 45 heavy (non-hydrogen) atoms. The highest BCUT2D eigenvalue weighted by atomic mass is 32.2. The predicted molar refractivity (Wildman–Crippen MR) is 177 cm³/mol. The second-order valence-electron chi connectivity index (χ2n) is 11.4. The van der Waals surface area contributed by atoms with E-state index in [1.165, 1.54) is 24.1 Å². The summed E-state index contributed by atoms with van der Waals surface area (Å²) in [5.41, 5.74) is 2.91. The van der Waals surface area contributed by atoms with Crippen LogP contribution in [-0.2, 0) is 32.6 Å². The highest BCUT2D eigenvalue weighted by Gasteiger charge is 2.34. The van der Waals surface area contributed by atoms with Gasteiger partial charge in [0.05, 0.1) is 17.7 Å². The molecule has 0 aliphatic carbocycles. The Bertz CT molecular complexity index is 1640. The van der Waals surface area contributed by atoms with Crippen LogP contribution in [0.2, 0.25) is 0 Å². The molecule has 0 aromatic heterocycles. The quantitative estimate of drug-likeness (QED) is 0.196. The summed E-state index contributed by atoms with van der Waals surface area (Å²) < 4.78 is 34.6. The number of ether oxygens (including phenoxy) is 1. The number of anilines is 1. The van der Waals surface area contributed by atoms with Gasteiger partial charge in [-0.15, -0.1) is 0 Å². The van der Waals surface area contributed by atoms with E-state index in [1.54, 1.807) is 36.4 Å².